The minimum Gasteiger partial charge on any atom is -0.476 e. The molecule has 0 radical (unpaired) electrons. The van der Waals surface area contributed by atoms with Crippen molar-refractivity contribution >= 4 is 27.9 Å². The van der Waals surface area contributed by atoms with E-state index in [1.807, 2.05) is 13.8 Å². The highest BCUT2D eigenvalue weighted by Crippen LogP contribution is 2.34. The van der Waals surface area contributed by atoms with Crippen LogP contribution in [0, 0.1) is 11.6 Å². The molecule has 2 aromatic heterocycles. The summed E-state index contributed by atoms with van der Waals surface area (Å²) >= 11 is 0.804. The number of nitrogen functional groups attached to an aromatic ring is 1. The van der Waals surface area contributed by atoms with E-state index < -0.39 is 23.3 Å². The van der Waals surface area contributed by atoms with E-state index in [1.165, 1.54) is 18.6 Å². The number of benzene rings is 1. The van der Waals surface area contributed by atoms with Crippen LogP contribution in [-0.4, -0.2) is 46.0 Å². The molecule has 0 spiro atoms. The highest BCUT2D eigenvalue weighted by atomic mass is 32.1. The SMILES string of the molecule is CC1(C)OCC(CCOc2ncncc2NC(=O)c2nc(-c3c(F)cccc3F)sc2N)O1. The topological polar surface area (TPSA) is 121 Å². The molecule has 0 aliphatic carbocycles. The first-order valence-electron chi connectivity index (χ1n) is 10.00. The average Bonchev–Trinajstić information content (AvgIpc) is 3.30. The van der Waals surface area contributed by atoms with Crippen LogP contribution >= 0.6 is 11.3 Å². The molecule has 12 heteroatoms. The second-order valence-electron chi connectivity index (χ2n) is 7.61. The van der Waals surface area contributed by atoms with Gasteiger partial charge in [-0.15, -0.1) is 0 Å². The number of carbonyl (C=O) groups excluding carboxylic acids is 1. The lowest BCUT2D eigenvalue weighted by Gasteiger charge is -2.17. The van der Waals surface area contributed by atoms with E-state index >= 15 is 0 Å². The number of rotatable bonds is 7. The summed E-state index contributed by atoms with van der Waals surface area (Å²) in [5, 5.41) is 2.54. The Morgan fingerprint density at radius 3 is 2.82 bits per heavy atom. The monoisotopic (exact) mass is 477 g/mol. The number of ether oxygens (including phenoxy) is 3. The number of hydrogen-bond donors (Lipinski definition) is 2. The van der Waals surface area contributed by atoms with Gasteiger partial charge >= 0.3 is 0 Å². The minimum absolute atomic E-state index is 0.00506. The van der Waals surface area contributed by atoms with Crippen LogP contribution in [0.2, 0.25) is 0 Å². The van der Waals surface area contributed by atoms with Gasteiger partial charge in [0.1, 0.15) is 33.7 Å². The number of thiazole rings is 1. The number of hydrogen-bond acceptors (Lipinski definition) is 9. The molecule has 33 heavy (non-hydrogen) atoms. The molecule has 1 aliphatic heterocycles. The van der Waals surface area contributed by atoms with Gasteiger partial charge in [0.05, 0.1) is 31.1 Å². The smallest absolute Gasteiger partial charge is 0.277 e. The fourth-order valence-corrected chi connectivity index (χ4v) is 4.07. The Balaban J connectivity index is 1.45. The minimum atomic E-state index is -0.803. The number of aromatic nitrogens is 3. The lowest BCUT2D eigenvalue weighted by Crippen LogP contribution is -2.22. The van der Waals surface area contributed by atoms with Crippen molar-refractivity contribution in [2.75, 3.05) is 24.3 Å². The van der Waals surface area contributed by atoms with Gasteiger partial charge in [0.15, 0.2) is 11.5 Å². The van der Waals surface area contributed by atoms with Crippen LogP contribution in [0.5, 0.6) is 5.88 Å². The summed E-state index contributed by atoms with van der Waals surface area (Å²) in [5.74, 6) is -2.78. The summed E-state index contributed by atoms with van der Waals surface area (Å²) in [6.45, 7) is 4.39. The first-order valence-corrected chi connectivity index (χ1v) is 10.8. The second-order valence-corrected chi connectivity index (χ2v) is 8.64. The molecule has 1 aromatic carbocycles. The van der Waals surface area contributed by atoms with Crippen LogP contribution in [0.4, 0.5) is 19.5 Å². The first kappa shape index (κ1) is 23.0. The van der Waals surface area contributed by atoms with Gasteiger partial charge in [-0.25, -0.2) is 18.7 Å². The maximum Gasteiger partial charge on any atom is 0.277 e. The standard InChI is InChI=1S/C21H21F2N5O4S/c1-21(2)31-9-11(32-21)6-7-30-19-14(8-25-10-26-19)27-18(29)16-17(24)33-20(28-16)15-12(22)4-3-5-13(15)23/h3-5,8,10-11H,6-7,9,24H2,1-2H3,(H,27,29). The van der Waals surface area contributed by atoms with Gasteiger partial charge in [-0.1, -0.05) is 17.4 Å². The summed E-state index contributed by atoms with van der Waals surface area (Å²) in [6.07, 6.45) is 3.07. The van der Waals surface area contributed by atoms with E-state index in [9.17, 15) is 13.6 Å². The predicted molar refractivity (Wildman–Crippen MR) is 117 cm³/mol. The quantitative estimate of drug-likeness (QED) is 0.529. The Bertz CT molecular complexity index is 1150. The zero-order valence-electron chi connectivity index (χ0n) is 17.8. The molecule has 1 atom stereocenters. The third-order valence-corrected chi connectivity index (χ3v) is 5.62. The van der Waals surface area contributed by atoms with Crippen molar-refractivity contribution in [2.24, 2.45) is 0 Å². The Morgan fingerprint density at radius 1 is 1.36 bits per heavy atom. The van der Waals surface area contributed by atoms with Gasteiger partial charge in [-0.3, -0.25) is 4.79 Å². The number of halogens is 2. The van der Waals surface area contributed by atoms with Crippen molar-refractivity contribution < 1.29 is 27.8 Å². The molecular weight excluding hydrogens is 456 g/mol. The summed E-state index contributed by atoms with van der Waals surface area (Å²) in [7, 11) is 0. The number of nitrogens with zero attached hydrogens (tertiary/aromatic N) is 3. The van der Waals surface area contributed by atoms with Crippen LogP contribution in [0.25, 0.3) is 10.6 Å². The Hall–Kier alpha value is -3.22. The lowest BCUT2D eigenvalue weighted by atomic mass is 10.2. The van der Waals surface area contributed by atoms with Crippen LogP contribution in [-0.2, 0) is 9.47 Å². The molecule has 4 rings (SSSR count). The summed E-state index contributed by atoms with van der Waals surface area (Å²) in [5.41, 5.74) is 5.58. The van der Waals surface area contributed by atoms with E-state index in [0.29, 0.717) is 13.0 Å². The van der Waals surface area contributed by atoms with E-state index in [4.69, 9.17) is 19.9 Å². The maximum absolute atomic E-state index is 14.1. The van der Waals surface area contributed by atoms with Crippen molar-refractivity contribution in [1.82, 2.24) is 15.0 Å². The zero-order chi connectivity index (χ0) is 23.6. The highest BCUT2D eigenvalue weighted by Gasteiger charge is 2.32. The van der Waals surface area contributed by atoms with E-state index in [0.717, 1.165) is 23.5 Å². The van der Waals surface area contributed by atoms with Gasteiger partial charge in [-0.2, -0.15) is 4.98 Å². The van der Waals surface area contributed by atoms with Crippen molar-refractivity contribution in [1.29, 1.82) is 0 Å². The molecule has 1 amide bonds. The third-order valence-electron chi connectivity index (χ3n) is 4.71. The van der Waals surface area contributed by atoms with Crippen molar-refractivity contribution in [3.05, 3.63) is 48.1 Å². The van der Waals surface area contributed by atoms with Crippen LogP contribution in [0.15, 0.2) is 30.7 Å². The Labute approximate surface area is 191 Å². The number of anilines is 2. The van der Waals surface area contributed by atoms with Crippen LogP contribution in [0.1, 0.15) is 30.8 Å². The van der Waals surface area contributed by atoms with Gasteiger partial charge in [0.25, 0.3) is 5.91 Å². The molecule has 1 unspecified atom stereocenters. The van der Waals surface area contributed by atoms with Gasteiger partial charge in [0.2, 0.25) is 5.88 Å². The molecule has 0 bridgehead atoms. The van der Waals surface area contributed by atoms with Crippen LogP contribution in [0.3, 0.4) is 0 Å². The van der Waals surface area contributed by atoms with Crippen molar-refractivity contribution in [2.45, 2.75) is 32.2 Å². The molecular formula is C21H21F2N5O4S. The fourth-order valence-electron chi connectivity index (χ4n) is 3.20. The molecule has 1 fully saturated rings. The van der Waals surface area contributed by atoms with E-state index in [-0.39, 0.29) is 45.5 Å². The van der Waals surface area contributed by atoms with Gasteiger partial charge in [0, 0.05) is 6.42 Å². The predicted octanol–water partition coefficient (Wildman–Crippen LogP) is 3.63. The first-order chi connectivity index (χ1) is 15.7. The zero-order valence-corrected chi connectivity index (χ0v) is 18.6. The van der Waals surface area contributed by atoms with E-state index in [1.54, 1.807) is 0 Å². The normalized spacial score (nSPS) is 17.2. The molecule has 3 aromatic rings. The molecule has 1 aliphatic rings. The molecule has 9 nitrogen and oxygen atoms in total. The Kier molecular flexibility index (Phi) is 6.49. The maximum atomic E-state index is 14.1. The summed E-state index contributed by atoms with van der Waals surface area (Å²) in [4.78, 5) is 24.8. The summed E-state index contributed by atoms with van der Waals surface area (Å²) < 4.78 is 45.1. The second kappa shape index (κ2) is 9.33. The Morgan fingerprint density at radius 2 is 2.12 bits per heavy atom. The third kappa shape index (κ3) is 5.24. The van der Waals surface area contributed by atoms with E-state index in [2.05, 4.69) is 20.3 Å². The highest BCUT2D eigenvalue weighted by molar-refractivity contribution is 7.19. The van der Waals surface area contributed by atoms with Gasteiger partial charge in [-0.05, 0) is 26.0 Å². The molecule has 0 saturated carbocycles. The summed E-state index contributed by atoms with van der Waals surface area (Å²) in [6, 6.07) is 3.44. The average molecular weight is 477 g/mol. The van der Waals surface area contributed by atoms with Crippen molar-refractivity contribution in [3.8, 4) is 16.5 Å². The number of carbonyl (C=O) groups is 1. The molecule has 3 N–H and O–H groups in total. The molecule has 3 heterocycles. The van der Waals surface area contributed by atoms with Crippen molar-refractivity contribution in [3.63, 3.8) is 0 Å². The number of nitrogens with two attached hydrogens (primary N) is 1. The van der Waals surface area contributed by atoms with Crippen LogP contribution < -0.4 is 15.8 Å². The molecule has 1 saturated heterocycles. The largest absolute Gasteiger partial charge is 0.476 e. The fraction of sp³-hybridized carbons (Fsp3) is 0.333. The lowest BCUT2D eigenvalue weighted by molar-refractivity contribution is -0.139. The molecule has 174 valence electrons. The number of nitrogens with one attached hydrogen (secondary N) is 1. The number of amides is 1. The van der Waals surface area contributed by atoms with Gasteiger partial charge < -0.3 is 25.3 Å².